The maximum absolute atomic E-state index is 13.1. The van der Waals surface area contributed by atoms with Crippen LogP contribution in [0.15, 0.2) is 67.0 Å². The number of amides is 2. The lowest BCUT2D eigenvalue weighted by Crippen LogP contribution is -2.15. The van der Waals surface area contributed by atoms with E-state index in [-0.39, 0.29) is 11.8 Å². The van der Waals surface area contributed by atoms with Gasteiger partial charge in [-0.25, -0.2) is 0 Å². The number of nitrogens with one attached hydrogen (secondary N) is 2. The molecule has 0 radical (unpaired) electrons. The Morgan fingerprint density at radius 1 is 0.886 bits per heavy atom. The summed E-state index contributed by atoms with van der Waals surface area (Å²) in [5.41, 5.74) is 3.99. The van der Waals surface area contributed by atoms with Gasteiger partial charge in [-0.3, -0.25) is 14.6 Å². The van der Waals surface area contributed by atoms with E-state index in [4.69, 9.17) is 0 Å². The molecular weight excluding hydrogens is 440 g/mol. The molecule has 3 heterocycles. The van der Waals surface area contributed by atoms with Gasteiger partial charge in [0, 0.05) is 47.9 Å². The smallest absolute Gasteiger partial charge is 0.257 e. The van der Waals surface area contributed by atoms with Crippen LogP contribution in [0.3, 0.4) is 0 Å². The monoisotopic (exact) mass is 466 g/mol. The molecule has 4 aromatic rings. The zero-order valence-corrected chi connectivity index (χ0v) is 19.5. The highest BCUT2D eigenvalue weighted by Crippen LogP contribution is 2.27. The fraction of sp³-hybridized carbons (Fsp3) is 0.222. The van der Waals surface area contributed by atoms with Crippen LogP contribution in [0.4, 0.5) is 11.4 Å². The number of hydrogen-bond acceptors (Lipinski definition) is 5. The van der Waals surface area contributed by atoms with Crippen molar-refractivity contribution in [2.75, 3.05) is 10.6 Å². The highest BCUT2D eigenvalue weighted by atomic mass is 16.2. The van der Waals surface area contributed by atoms with Gasteiger partial charge < -0.3 is 15.2 Å². The molecule has 8 nitrogen and oxygen atoms in total. The molecule has 0 aliphatic carbocycles. The van der Waals surface area contributed by atoms with Crippen LogP contribution in [0, 0.1) is 6.92 Å². The predicted molar refractivity (Wildman–Crippen MR) is 134 cm³/mol. The first-order valence-corrected chi connectivity index (χ1v) is 11.7. The molecule has 2 amide bonds. The zero-order valence-electron chi connectivity index (χ0n) is 19.5. The van der Waals surface area contributed by atoms with E-state index < -0.39 is 0 Å². The van der Waals surface area contributed by atoms with E-state index in [2.05, 4.69) is 30.4 Å². The summed E-state index contributed by atoms with van der Waals surface area (Å²) in [5.74, 6) is 1.31. The molecule has 2 aromatic heterocycles. The number of pyridine rings is 1. The first-order valence-electron chi connectivity index (χ1n) is 11.7. The van der Waals surface area contributed by atoms with Crippen LogP contribution < -0.4 is 10.6 Å². The van der Waals surface area contributed by atoms with Crippen molar-refractivity contribution in [3.63, 3.8) is 0 Å². The average Bonchev–Trinajstić information content (AvgIpc) is 3.13. The molecule has 5 rings (SSSR count). The number of benzene rings is 2. The third-order valence-electron chi connectivity index (χ3n) is 6.16. The van der Waals surface area contributed by atoms with Crippen molar-refractivity contribution in [1.82, 2.24) is 19.7 Å². The fourth-order valence-corrected chi connectivity index (χ4v) is 4.23. The SMILES string of the molecule is Cc1ccc(-c2nnc3n2CCCCC3)cc1NC(=O)c1cccc(NC(=O)c2cccnc2)c1. The molecule has 0 saturated heterocycles. The van der Waals surface area contributed by atoms with Gasteiger partial charge in [0.1, 0.15) is 5.82 Å². The van der Waals surface area contributed by atoms with Crippen LogP contribution in [-0.4, -0.2) is 31.6 Å². The molecule has 0 atom stereocenters. The summed E-state index contributed by atoms with van der Waals surface area (Å²) < 4.78 is 2.19. The number of fused-ring (bicyclic) bond motifs is 1. The Kier molecular flexibility index (Phi) is 6.34. The molecule has 0 spiro atoms. The number of hydrogen-bond donors (Lipinski definition) is 2. The molecule has 1 aliphatic rings. The van der Waals surface area contributed by atoms with Gasteiger partial charge in [-0.15, -0.1) is 10.2 Å². The van der Waals surface area contributed by atoms with E-state index in [0.29, 0.717) is 22.5 Å². The van der Waals surface area contributed by atoms with Gasteiger partial charge in [0.2, 0.25) is 0 Å². The van der Waals surface area contributed by atoms with Crippen LogP contribution >= 0.6 is 0 Å². The second-order valence-electron chi connectivity index (χ2n) is 8.66. The number of aromatic nitrogens is 4. The summed E-state index contributed by atoms with van der Waals surface area (Å²) in [7, 11) is 0. The van der Waals surface area contributed by atoms with Crippen LogP contribution in [0.2, 0.25) is 0 Å². The summed E-state index contributed by atoms with van der Waals surface area (Å²) >= 11 is 0. The third-order valence-corrected chi connectivity index (χ3v) is 6.16. The van der Waals surface area contributed by atoms with Gasteiger partial charge >= 0.3 is 0 Å². The van der Waals surface area contributed by atoms with Crippen molar-refractivity contribution in [3.05, 3.63) is 89.5 Å². The molecule has 0 saturated carbocycles. The Labute approximate surface area is 203 Å². The van der Waals surface area contributed by atoms with Gasteiger partial charge in [-0.2, -0.15) is 0 Å². The quantitative estimate of drug-likeness (QED) is 0.436. The second-order valence-corrected chi connectivity index (χ2v) is 8.66. The number of anilines is 2. The lowest BCUT2D eigenvalue weighted by Gasteiger charge is -2.13. The third kappa shape index (κ3) is 4.96. The molecule has 2 aromatic carbocycles. The van der Waals surface area contributed by atoms with E-state index in [1.165, 1.54) is 12.6 Å². The maximum Gasteiger partial charge on any atom is 0.257 e. The predicted octanol–water partition coefficient (Wildman–Crippen LogP) is 4.88. The van der Waals surface area contributed by atoms with Gasteiger partial charge in [0.25, 0.3) is 11.8 Å². The first-order chi connectivity index (χ1) is 17.1. The van der Waals surface area contributed by atoms with Gasteiger partial charge in [0.05, 0.1) is 5.56 Å². The van der Waals surface area contributed by atoms with Crippen molar-refractivity contribution < 1.29 is 9.59 Å². The van der Waals surface area contributed by atoms with E-state index in [9.17, 15) is 9.59 Å². The van der Waals surface area contributed by atoms with Crippen molar-refractivity contribution in [1.29, 1.82) is 0 Å². The molecule has 8 heteroatoms. The summed E-state index contributed by atoms with van der Waals surface area (Å²) in [6.07, 6.45) is 7.49. The van der Waals surface area contributed by atoms with Gasteiger partial charge in [-0.05, 0) is 61.7 Å². The van der Waals surface area contributed by atoms with Crippen LogP contribution in [0.5, 0.6) is 0 Å². The molecule has 1 aliphatic heterocycles. The number of carbonyl (C=O) groups is 2. The minimum Gasteiger partial charge on any atom is -0.322 e. The highest BCUT2D eigenvalue weighted by molar-refractivity contribution is 6.07. The van der Waals surface area contributed by atoms with Crippen LogP contribution in [0.1, 0.15) is 51.4 Å². The molecule has 0 unspecified atom stereocenters. The number of nitrogens with zero attached hydrogens (tertiary/aromatic N) is 4. The van der Waals surface area contributed by atoms with Gasteiger partial charge in [-0.1, -0.05) is 24.6 Å². The maximum atomic E-state index is 13.1. The first kappa shape index (κ1) is 22.5. The van der Waals surface area contributed by atoms with Crippen molar-refractivity contribution in [2.24, 2.45) is 0 Å². The summed E-state index contributed by atoms with van der Waals surface area (Å²) in [4.78, 5) is 29.5. The minimum atomic E-state index is -0.286. The van der Waals surface area contributed by atoms with E-state index >= 15 is 0 Å². The molecule has 2 N–H and O–H groups in total. The van der Waals surface area contributed by atoms with E-state index in [1.807, 2.05) is 25.1 Å². The highest BCUT2D eigenvalue weighted by Gasteiger charge is 2.17. The number of rotatable bonds is 5. The Morgan fingerprint density at radius 2 is 1.74 bits per heavy atom. The zero-order chi connectivity index (χ0) is 24.2. The minimum absolute atomic E-state index is 0.261. The van der Waals surface area contributed by atoms with Crippen LogP contribution in [0.25, 0.3) is 11.4 Å². The summed E-state index contributed by atoms with van der Waals surface area (Å²) in [6.45, 7) is 2.86. The lowest BCUT2D eigenvalue weighted by molar-refractivity contribution is 0.101. The van der Waals surface area contributed by atoms with Crippen LogP contribution in [-0.2, 0) is 13.0 Å². The lowest BCUT2D eigenvalue weighted by atomic mass is 10.1. The summed E-state index contributed by atoms with van der Waals surface area (Å²) in [5, 5.41) is 14.7. The normalized spacial score (nSPS) is 12.9. The summed E-state index contributed by atoms with van der Waals surface area (Å²) in [6, 6.07) is 16.2. The fourth-order valence-electron chi connectivity index (χ4n) is 4.23. The molecule has 0 fully saturated rings. The number of aryl methyl sites for hydroxylation is 2. The molecule has 35 heavy (non-hydrogen) atoms. The molecule has 0 bridgehead atoms. The Hall–Kier alpha value is -4.33. The van der Waals surface area contributed by atoms with Crippen molar-refractivity contribution in [3.8, 4) is 11.4 Å². The Morgan fingerprint density at radius 3 is 2.60 bits per heavy atom. The number of carbonyl (C=O) groups excluding carboxylic acids is 2. The molecule has 176 valence electrons. The average molecular weight is 467 g/mol. The largest absolute Gasteiger partial charge is 0.322 e. The van der Waals surface area contributed by atoms with Gasteiger partial charge in [0.15, 0.2) is 5.82 Å². The standard InChI is InChI=1S/C27H26N6O2/c1-18-11-12-19(25-32-31-24-10-3-2-4-14-33(24)25)16-23(18)30-26(34)20-7-5-9-22(15-20)29-27(35)21-8-6-13-28-17-21/h5-9,11-13,15-17H,2-4,10,14H2,1H3,(H,29,35)(H,30,34). The second kappa shape index (κ2) is 9.89. The van der Waals surface area contributed by atoms with E-state index in [1.54, 1.807) is 42.6 Å². The molecular formula is C27H26N6O2. The van der Waals surface area contributed by atoms with Crippen molar-refractivity contribution in [2.45, 2.75) is 39.2 Å². The topological polar surface area (TPSA) is 102 Å². The Balaban J connectivity index is 1.35. The Bertz CT molecular complexity index is 1380. The van der Waals surface area contributed by atoms with Crippen molar-refractivity contribution >= 4 is 23.2 Å². The van der Waals surface area contributed by atoms with E-state index in [0.717, 1.165) is 48.6 Å².